The molecule has 1 unspecified atom stereocenters. The molecule has 2 aromatic rings. The molecule has 3 rings (SSSR count). The van der Waals surface area contributed by atoms with Crippen LogP contribution in [0, 0.1) is 0 Å². The number of hydrogen-bond donors (Lipinski definition) is 2. The molecule has 0 aliphatic carbocycles. The molecule has 5 nitrogen and oxygen atoms in total. The van der Waals surface area contributed by atoms with Crippen molar-refractivity contribution in [2.24, 2.45) is 10.7 Å². The van der Waals surface area contributed by atoms with Crippen molar-refractivity contribution in [3.05, 3.63) is 45.9 Å². The first-order valence-corrected chi connectivity index (χ1v) is 9.54. The molecule has 2 heterocycles. The minimum atomic E-state index is 0.100. The lowest BCUT2D eigenvalue weighted by molar-refractivity contribution is 0.262. The maximum atomic E-state index is 6.08. The molecule has 134 valence electrons. The van der Waals surface area contributed by atoms with E-state index in [1.807, 2.05) is 18.2 Å². The number of para-hydroxylation sites is 1. The van der Waals surface area contributed by atoms with Gasteiger partial charge in [0.15, 0.2) is 5.96 Å². The predicted molar refractivity (Wildman–Crippen MR) is 103 cm³/mol. The summed E-state index contributed by atoms with van der Waals surface area (Å²) in [5.74, 6) is 1.41. The Bertz CT molecular complexity index is 748. The van der Waals surface area contributed by atoms with Crippen molar-refractivity contribution in [3.8, 4) is 5.75 Å². The Morgan fingerprint density at radius 2 is 2.20 bits per heavy atom. The Labute approximate surface area is 153 Å². The Balaban J connectivity index is 1.56. The highest BCUT2D eigenvalue weighted by Crippen LogP contribution is 2.31. The van der Waals surface area contributed by atoms with E-state index in [4.69, 9.17) is 15.5 Å². The number of thiazole rings is 1. The van der Waals surface area contributed by atoms with Gasteiger partial charge in [-0.25, -0.2) is 4.98 Å². The Kier molecular flexibility index (Phi) is 5.27. The van der Waals surface area contributed by atoms with Gasteiger partial charge in [-0.1, -0.05) is 39.0 Å². The van der Waals surface area contributed by atoms with E-state index in [1.165, 1.54) is 0 Å². The Hall–Kier alpha value is -2.08. The molecule has 0 saturated carbocycles. The summed E-state index contributed by atoms with van der Waals surface area (Å²) in [7, 11) is 0. The van der Waals surface area contributed by atoms with E-state index < -0.39 is 0 Å². The number of ether oxygens (including phenoxy) is 1. The number of aromatic nitrogens is 1. The van der Waals surface area contributed by atoms with Crippen LogP contribution in [0.3, 0.4) is 0 Å². The average molecular weight is 359 g/mol. The van der Waals surface area contributed by atoms with Crippen molar-refractivity contribution >= 4 is 17.3 Å². The summed E-state index contributed by atoms with van der Waals surface area (Å²) in [5, 5.41) is 6.60. The van der Waals surface area contributed by atoms with E-state index in [1.54, 1.807) is 11.3 Å². The summed E-state index contributed by atoms with van der Waals surface area (Å²) in [5.41, 5.74) is 8.41. The van der Waals surface area contributed by atoms with Crippen molar-refractivity contribution in [2.45, 2.75) is 45.1 Å². The molecule has 25 heavy (non-hydrogen) atoms. The zero-order chi connectivity index (χ0) is 17.9. The predicted octanol–water partition coefficient (Wildman–Crippen LogP) is 3.41. The molecule has 0 radical (unpaired) electrons. The van der Waals surface area contributed by atoms with E-state index in [0.29, 0.717) is 19.1 Å². The van der Waals surface area contributed by atoms with Gasteiger partial charge in [-0.2, -0.15) is 0 Å². The number of guanidine groups is 1. The van der Waals surface area contributed by atoms with Crippen LogP contribution in [0.5, 0.6) is 5.75 Å². The molecule has 3 N–H and O–H groups in total. The van der Waals surface area contributed by atoms with Crippen LogP contribution in [0.25, 0.3) is 0 Å². The number of aliphatic imine (C=N–C) groups is 1. The number of nitrogens with one attached hydrogen (secondary N) is 1. The van der Waals surface area contributed by atoms with Crippen LogP contribution in [-0.2, 0) is 11.8 Å². The summed E-state index contributed by atoms with van der Waals surface area (Å²) in [6.45, 7) is 7.87. The zero-order valence-electron chi connectivity index (χ0n) is 15.1. The molecule has 0 spiro atoms. The summed E-state index contributed by atoms with van der Waals surface area (Å²) in [6.07, 6.45) is 1.69. The lowest BCUT2D eigenvalue weighted by Crippen LogP contribution is -2.37. The summed E-state index contributed by atoms with van der Waals surface area (Å²) >= 11 is 1.72. The average Bonchev–Trinajstić information content (AvgIpc) is 3.04. The van der Waals surface area contributed by atoms with Gasteiger partial charge < -0.3 is 15.8 Å². The van der Waals surface area contributed by atoms with E-state index in [-0.39, 0.29) is 11.5 Å². The maximum Gasteiger partial charge on any atom is 0.189 e. The fourth-order valence-electron chi connectivity index (χ4n) is 2.77. The third-order valence-electron chi connectivity index (χ3n) is 4.12. The second-order valence-electron chi connectivity index (χ2n) is 7.28. The number of rotatable bonds is 4. The van der Waals surface area contributed by atoms with Gasteiger partial charge in [-0.05, 0) is 6.07 Å². The first-order valence-electron chi connectivity index (χ1n) is 8.66. The highest BCUT2D eigenvalue weighted by atomic mass is 32.1. The van der Waals surface area contributed by atoms with Gasteiger partial charge >= 0.3 is 0 Å². The van der Waals surface area contributed by atoms with Gasteiger partial charge in [0.1, 0.15) is 5.75 Å². The molecule has 0 saturated heterocycles. The SMILES string of the molecule is CC(C)(C)c1nc(CCN=C(N)NC2CCOc3ccccc32)cs1. The smallest absolute Gasteiger partial charge is 0.189 e. The van der Waals surface area contributed by atoms with Gasteiger partial charge in [0, 0.05) is 35.7 Å². The second-order valence-corrected chi connectivity index (χ2v) is 8.14. The monoisotopic (exact) mass is 358 g/mol. The highest BCUT2D eigenvalue weighted by molar-refractivity contribution is 7.09. The molecule has 1 aliphatic heterocycles. The number of fused-ring (bicyclic) bond motifs is 1. The largest absolute Gasteiger partial charge is 0.493 e. The van der Waals surface area contributed by atoms with Crippen LogP contribution >= 0.6 is 11.3 Å². The maximum absolute atomic E-state index is 6.08. The molecular weight excluding hydrogens is 332 g/mol. The normalized spacial score (nSPS) is 17.7. The van der Waals surface area contributed by atoms with Crippen molar-refractivity contribution in [1.82, 2.24) is 10.3 Å². The molecule has 1 atom stereocenters. The standard InChI is InChI=1S/C19H26N4OS/c1-19(2,3)17-22-13(12-25-17)8-10-21-18(20)23-15-9-11-24-16-7-5-4-6-14(15)16/h4-7,12,15H,8-11H2,1-3H3,(H3,20,21,23). The lowest BCUT2D eigenvalue weighted by atomic mass is 9.98. The molecule has 0 bridgehead atoms. The summed E-state index contributed by atoms with van der Waals surface area (Å²) in [6, 6.07) is 8.22. The fourth-order valence-corrected chi connectivity index (χ4v) is 3.72. The summed E-state index contributed by atoms with van der Waals surface area (Å²) < 4.78 is 5.68. The second kappa shape index (κ2) is 7.44. The quantitative estimate of drug-likeness (QED) is 0.649. The highest BCUT2D eigenvalue weighted by Gasteiger charge is 2.21. The number of benzene rings is 1. The molecule has 1 aromatic heterocycles. The minimum absolute atomic E-state index is 0.100. The molecule has 0 fully saturated rings. The number of hydrogen-bond acceptors (Lipinski definition) is 4. The van der Waals surface area contributed by atoms with E-state index in [0.717, 1.165) is 34.9 Å². The lowest BCUT2D eigenvalue weighted by Gasteiger charge is -2.26. The van der Waals surface area contributed by atoms with Gasteiger partial charge in [-0.15, -0.1) is 11.3 Å². The molecule has 6 heteroatoms. The zero-order valence-corrected chi connectivity index (χ0v) is 15.9. The first kappa shape index (κ1) is 17.7. The summed E-state index contributed by atoms with van der Waals surface area (Å²) in [4.78, 5) is 9.16. The van der Waals surface area contributed by atoms with Crippen LogP contribution in [0.1, 0.15) is 49.5 Å². The van der Waals surface area contributed by atoms with Crippen molar-refractivity contribution in [1.29, 1.82) is 0 Å². The Morgan fingerprint density at radius 3 is 2.96 bits per heavy atom. The van der Waals surface area contributed by atoms with E-state index in [2.05, 4.69) is 42.5 Å². The first-order chi connectivity index (χ1) is 11.9. The van der Waals surface area contributed by atoms with Gasteiger partial charge in [0.05, 0.1) is 23.4 Å². The van der Waals surface area contributed by atoms with Gasteiger partial charge in [0.25, 0.3) is 0 Å². The minimum Gasteiger partial charge on any atom is -0.493 e. The third-order valence-corrected chi connectivity index (χ3v) is 5.44. The Morgan fingerprint density at radius 1 is 1.40 bits per heavy atom. The molecule has 1 aliphatic rings. The third kappa shape index (κ3) is 4.51. The van der Waals surface area contributed by atoms with Crippen LogP contribution in [-0.4, -0.2) is 24.1 Å². The van der Waals surface area contributed by atoms with Crippen LogP contribution < -0.4 is 15.8 Å². The van der Waals surface area contributed by atoms with Crippen LogP contribution in [0.15, 0.2) is 34.6 Å². The van der Waals surface area contributed by atoms with Crippen molar-refractivity contribution in [3.63, 3.8) is 0 Å². The topological polar surface area (TPSA) is 72.5 Å². The van der Waals surface area contributed by atoms with E-state index in [9.17, 15) is 0 Å². The van der Waals surface area contributed by atoms with Crippen molar-refractivity contribution in [2.75, 3.05) is 13.2 Å². The fraction of sp³-hybridized carbons (Fsp3) is 0.474. The van der Waals surface area contributed by atoms with Crippen LogP contribution in [0.2, 0.25) is 0 Å². The molecular formula is C19H26N4OS. The van der Waals surface area contributed by atoms with E-state index >= 15 is 0 Å². The molecule has 1 aromatic carbocycles. The molecule has 0 amide bonds. The van der Waals surface area contributed by atoms with Gasteiger partial charge in [-0.3, -0.25) is 4.99 Å². The number of nitrogens with two attached hydrogens (primary N) is 1. The van der Waals surface area contributed by atoms with Crippen LogP contribution in [0.4, 0.5) is 0 Å². The van der Waals surface area contributed by atoms with Gasteiger partial charge in [0.2, 0.25) is 0 Å². The van der Waals surface area contributed by atoms with Crippen molar-refractivity contribution < 1.29 is 4.74 Å². The number of nitrogens with zero attached hydrogens (tertiary/aromatic N) is 2.